The Morgan fingerprint density at radius 3 is 2.64 bits per heavy atom. The van der Waals surface area contributed by atoms with Crippen molar-refractivity contribution in [1.82, 2.24) is 4.72 Å². The maximum absolute atomic E-state index is 11.4. The van der Waals surface area contributed by atoms with Crippen molar-refractivity contribution in [3.8, 4) is 6.07 Å². The third-order valence-electron chi connectivity index (χ3n) is 1.74. The predicted molar refractivity (Wildman–Crippen MR) is 56.0 cm³/mol. The number of hydrogen-bond donors (Lipinski definition) is 1. The van der Waals surface area contributed by atoms with Gasteiger partial charge in [0.15, 0.2) is 5.25 Å². The van der Waals surface area contributed by atoms with Crippen molar-refractivity contribution >= 4 is 10.0 Å². The van der Waals surface area contributed by atoms with Gasteiger partial charge in [-0.3, -0.25) is 0 Å². The van der Waals surface area contributed by atoms with Gasteiger partial charge in [-0.25, -0.2) is 13.1 Å². The van der Waals surface area contributed by atoms with Gasteiger partial charge in [-0.15, -0.1) is 0 Å². The highest BCUT2D eigenvalue weighted by Gasteiger charge is 2.21. The van der Waals surface area contributed by atoms with Crippen molar-refractivity contribution in [1.29, 1.82) is 5.26 Å². The first-order valence-corrected chi connectivity index (χ1v) is 6.12. The highest BCUT2D eigenvalue weighted by Crippen LogP contribution is 2.02. The molecule has 1 atom stereocenters. The molecule has 0 aromatic rings. The molecule has 0 aliphatic rings. The van der Waals surface area contributed by atoms with Crippen molar-refractivity contribution in [2.24, 2.45) is 0 Å². The normalized spacial score (nSPS) is 14.1. The van der Waals surface area contributed by atoms with Crippen LogP contribution in [0.3, 0.4) is 0 Å². The fourth-order valence-electron chi connectivity index (χ4n) is 0.932. The molecule has 1 unspecified atom stereocenters. The molecule has 1 N–H and O–H groups in total. The molecule has 0 aromatic heterocycles. The predicted octanol–water partition coefficient (Wildman–Crippen LogP) is 1.17. The van der Waals surface area contributed by atoms with Crippen LogP contribution in [-0.2, 0) is 10.0 Å². The van der Waals surface area contributed by atoms with Crippen LogP contribution in [0.2, 0.25) is 0 Å². The van der Waals surface area contributed by atoms with Gasteiger partial charge in [0.25, 0.3) is 0 Å². The van der Waals surface area contributed by atoms with Gasteiger partial charge in [0.1, 0.15) is 0 Å². The minimum Gasteiger partial charge on any atom is -0.214 e. The second-order valence-corrected chi connectivity index (χ2v) is 4.77. The molecule has 5 heteroatoms. The molecule has 0 bridgehead atoms. The standard InChI is InChI=1S/C9H16N2O2S/c1-3-5-6-7-11-14(12,13)9(4-2)8-10/h3,5,9,11H,4,6-7H2,1-2H3/b5-3+. The second kappa shape index (κ2) is 6.57. The molecule has 14 heavy (non-hydrogen) atoms. The van der Waals surface area contributed by atoms with E-state index in [9.17, 15) is 8.42 Å². The maximum Gasteiger partial charge on any atom is 0.227 e. The molecule has 0 aromatic carbocycles. The lowest BCUT2D eigenvalue weighted by atomic mass is 10.4. The van der Waals surface area contributed by atoms with Crippen LogP contribution in [0, 0.1) is 11.3 Å². The minimum absolute atomic E-state index is 0.315. The summed E-state index contributed by atoms with van der Waals surface area (Å²) in [7, 11) is -3.45. The average Bonchev–Trinajstić information content (AvgIpc) is 2.14. The van der Waals surface area contributed by atoms with E-state index in [4.69, 9.17) is 5.26 Å². The van der Waals surface area contributed by atoms with Crippen LogP contribution in [0.1, 0.15) is 26.7 Å². The van der Waals surface area contributed by atoms with Crippen LogP contribution in [0.15, 0.2) is 12.2 Å². The Morgan fingerprint density at radius 2 is 2.21 bits per heavy atom. The molecule has 0 heterocycles. The lowest BCUT2D eigenvalue weighted by molar-refractivity contribution is 0.573. The van der Waals surface area contributed by atoms with Crippen LogP contribution >= 0.6 is 0 Å². The number of nitrogens with zero attached hydrogens (tertiary/aromatic N) is 1. The van der Waals surface area contributed by atoms with Crippen LogP contribution in [0.25, 0.3) is 0 Å². The summed E-state index contributed by atoms with van der Waals surface area (Å²) in [6, 6.07) is 1.76. The van der Waals surface area contributed by atoms with Gasteiger partial charge in [0.05, 0.1) is 6.07 Å². The number of rotatable bonds is 6. The van der Waals surface area contributed by atoms with E-state index in [1.165, 1.54) is 0 Å². The zero-order valence-electron chi connectivity index (χ0n) is 8.53. The lowest BCUT2D eigenvalue weighted by Gasteiger charge is -2.08. The highest BCUT2D eigenvalue weighted by molar-refractivity contribution is 7.90. The van der Waals surface area contributed by atoms with Crippen LogP contribution in [-0.4, -0.2) is 20.2 Å². The molecule has 0 saturated heterocycles. The summed E-state index contributed by atoms with van der Waals surface area (Å²) >= 11 is 0. The summed E-state index contributed by atoms with van der Waals surface area (Å²) < 4.78 is 25.2. The molecule has 0 spiro atoms. The fourth-order valence-corrected chi connectivity index (χ4v) is 2.11. The quantitative estimate of drug-likeness (QED) is 0.535. The second-order valence-electron chi connectivity index (χ2n) is 2.82. The van der Waals surface area contributed by atoms with E-state index in [0.717, 1.165) is 0 Å². The lowest BCUT2D eigenvalue weighted by Crippen LogP contribution is -2.33. The molecule has 0 aliphatic heterocycles. The molecule has 0 aliphatic carbocycles. The summed E-state index contributed by atoms with van der Waals surface area (Å²) in [4.78, 5) is 0. The Morgan fingerprint density at radius 1 is 1.57 bits per heavy atom. The monoisotopic (exact) mass is 216 g/mol. The van der Waals surface area contributed by atoms with E-state index in [0.29, 0.717) is 19.4 Å². The highest BCUT2D eigenvalue weighted by atomic mass is 32.2. The maximum atomic E-state index is 11.4. The van der Waals surface area contributed by atoms with Crippen molar-refractivity contribution < 1.29 is 8.42 Å². The van der Waals surface area contributed by atoms with Crippen molar-refractivity contribution in [3.63, 3.8) is 0 Å². The van der Waals surface area contributed by atoms with Crippen molar-refractivity contribution in [3.05, 3.63) is 12.2 Å². The van der Waals surface area contributed by atoms with Crippen LogP contribution in [0.4, 0.5) is 0 Å². The molecule has 0 amide bonds. The third-order valence-corrected chi connectivity index (χ3v) is 3.53. The topological polar surface area (TPSA) is 70.0 Å². The van der Waals surface area contributed by atoms with E-state index < -0.39 is 15.3 Å². The van der Waals surface area contributed by atoms with Gasteiger partial charge in [-0.1, -0.05) is 19.1 Å². The van der Waals surface area contributed by atoms with E-state index >= 15 is 0 Å². The zero-order chi connectivity index (χ0) is 11.0. The molecule has 0 radical (unpaired) electrons. The first-order valence-electron chi connectivity index (χ1n) is 4.57. The van der Waals surface area contributed by atoms with Gasteiger partial charge in [-0.2, -0.15) is 5.26 Å². The molecule has 0 saturated carbocycles. The number of allylic oxidation sites excluding steroid dienone is 1. The molecule has 0 fully saturated rings. The molecule has 4 nitrogen and oxygen atoms in total. The van der Waals surface area contributed by atoms with Crippen molar-refractivity contribution in [2.75, 3.05) is 6.54 Å². The number of hydrogen-bond acceptors (Lipinski definition) is 3. The Balaban J connectivity index is 4.15. The van der Waals surface area contributed by atoms with Gasteiger partial charge in [-0.05, 0) is 19.8 Å². The Hall–Kier alpha value is -0.860. The summed E-state index contributed by atoms with van der Waals surface area (Å²) in [6.07, 6.45) is 4.69. The van der Waals surface area contributed by atoms with E-state index in [1.807, 2.05) is 19.1 Å². The summed E-state index contributed by atoms with van der Waals surface area (Å²) in [5.41, 5.74) is 0. The number of nitriles is 1. The molecular formula is C9H16N2O2S. The van der Waals surface area contributed by atoms with Crippen LogP contribution in [0.5, 0.6) is 0 Å². The van der Waals surface area contributed by atoms with Gasteiger partial charge < -0.3 is 0 Å². The Labute approximate surface area is 85.7 Å². The van der Waals surface area contributed by atoms with E-state index in [-0.39, 0.29) is 0 Å². The van der Waals surface area contributed by atoms with Crippen molar-refractivity contribution in [2.45, 2.75) is 31.9 Å². The molecule has 80 valence electrons. The molecular weight excluding hydrogens is 200 g/mol. The first-order chi connectivity index (χ1) is 6.58. The Kier molecular flexibility index (Phi) is 6.17. The summed E-state index contributed by atoms with van der Waals surface area (Å²) in [5.74, 6) is 0. The summed E-state index contributed by atoms with van der Waals surface area (Å²) in [5, 5.41) is 7.64. The minimum atomic E-state index is -3.45. The third kappa shape index (κ3) is 4.40. The molecule has 0 rings (SSSR count). The first kappa shape index (κ1) is 13.1. The number of nitrogens with one attached hydrogen (secondary N) is 1. The zero-order valence-corrected chi connectivity index (χ0v) is 9.34. The van der Waals surface area contributed by atoms with Crippen LogP contribution < -0.4 is 4.72 Å². The number of sulfonamides is 1. The SMILES string of the molecule is C/C=C/CCNS(=O)(=O)C(C#N)CC. The smallest absolute Gasteiger partial charge is 0.214 e. The largest absolute Gasteiger partial charge is 0.227 e. The average molecular weight is 216 g/mol. The van der Waals surface area contributed by atoms with Gasteiger partial charge in [0.2, 0.25) is 10.0 Å². The Bertz CT molecular complexity index is 314. The van der Waals surface area contributed by atoms with E-state index in [2.05, 4.69) is 4.72 Å². The van der Waals surface area contributed by atoms with Gasteiger partial charge >= 0.3 is 0 Å². The summed E-state index contributed by atoms with van der Waals surface area (Å²) in [6.45, 7) is 3.91. The van der Waals surface area contributed by atoms with Gasteiger partial charge in [0, 0.05) is 6.54 Å². The van der Waals surface area contributed by atoms with E-state index in [1.54, 1.807) is 13.0 Å². The fraction of sp³-hybridized carbons (Fsp3) is 0.667.